The number of carbonyl (C=O) groups is 1. The lowest BCUT2D eigenvalue weighted by molar-refractivity contribution is -0.0388. The summed E-state index contributed by atoms with van der Waals surface area (Å²) >= 11 is 0. The van der Waals surface area contributed by atoms with Gasteiger partial charge in [-0.3, -0.25) is 4.90 Å². The van der Waals surface area contributed by atoms with Gasteiger partial charge in [0.05, 0.1) is 5.56 Å². The Bertz CT molecular complexity index is 672. The van der Waals surface area contributed by atoms with Gasteiger partial charge in [-0.1, -0.05) is 48.0 Å². The third kappa shape index (κ3) is 4.20. The van der Waals surface area contributed by atoms with Gasteiger partial charge in [-0.15, -0.1) is 0 Å². The number of alkyl halides is 1. The molecule has 0 amide bonds. The molecule has 2 aromatic carbocycles. The highest BCUT2D eigenvalue weighted by atomic mass is 19.1. The van der Waals surface area contributed by atoms with Gasteiger partial charge in [0.15, 0.2) is 6.30 Å². The third-order valence-electron chi connectivity index (χ3n) is 4.38. The van der Waals surface area contributed by atoms with E-state index in [1.54, 1.807) is 17.0 Å². The van der Waals surface area contributed by atoms with Crippen LogP contribution in [0.4, 0.5) is 4.39 Å². The lowest BCUT2D eigenvalue weighted by atomic mass is 10.1. The van der Waals surface area contributed by atoms with E-state index in [4.69, 9.17) is 4.74 Å². The van der Waals surface area contributed by atoms with Gasteiger partial charge in [-0.2, -0.15) is 0 Å². The molecular weight excluding hydrogens is 305 g/mol. The van der Waals surface area contributed by atoms with Crippen LogP contribution in [0.3, 0.4) is 0 Å². The summed E-state index contributed by atoms with van der Waals surface area (Å²) in [5, 5.41) is 0. The molecule has 0 N–H and O–H groups in total. The number of hydrogen-bond donors (Lipinski definition) is 0. The number of carbonyl (C=O) groups excluding carboxylic acids is 1. The summed E-state index contributed by atoms with van der Waals surface area (Å²) < 4.78 is 19.9. The van der Waals surface area contributed by atoms with Crippen molar-refractivity contribution in [3.8, 4) is 0 Å². The van der Waals surface area contributed by atoms with Crippen molar-refractivity contribution in [2.45, 2.75) is 38.7 Å². The number of likely N-dealkylation sites (tertiary alicyclic amines) is 1. The molecule has 2 atom stereocenters. The zero-order valence-corrected chi connectivity index (χ0v) is 13.8. The molecule has 0 spiro atoms. The maximum absolute atomic E-state index is 14.4. The van der Waals surface area contributed by atoms with E-state index in [-0.39, 0.29) is 18.5 Å². The van der Waals surface area contributed by atoms with Crippen LogP contribution in [0.15, 0.2) is 54.6 Å². The Morgan fingerprint density at radius 3 is 2.54 bits per heavy atom. The summed E-state index contributed by atoms with van der Waals surface area (Å²) in [6, 6.07) is 17.1. The molecule has 126 valence electrons. The average molecular weight is 327 g/mol. The number of rotatable bonds is 4. The molecular formula is C20H22FNO2. The maximum atomic E-state index is 14.4. The topological polar surface area (TPSA) is 29.5 Å². The molecule has 1 aliphatic heterocycles. The summed E-state index contributed by atoms with van der Waals surface area (Å²) in [5.41, 5.74) is 2.70. The number of aryl methyl sites for hydroxylation is 1. The molecule has 1 aliphatic rings. The number of ether oxygens (including phenoxy) is 1. The summed E-state index contributed by atoms with van der Waals surface area (Å²) in [6.07, 6.45) is -0.564. The van der Waals surface area contributed by atoms with E-state index in [9.17, 15) is 9.18 Å². The van der Waals surface area contributed by atoms with Crippen molar-refractivity contribution in [3.05, 3.63) is 71.3 Å². The van der Waals surface area contributed by atoms with E-state index >= 15 is 0 Å². The molecule has 0 radical (unpaired) electrons. The van der Waals surface area contributed by atoms with Crippen molar-refractivity contribution in [1.29, 1.82) is 0 Å². The second kappa shape index (κ2) is 7.58. The van der Waals surface area contributed by atoms with Crippen LogP contribution in [-0.2, 0) is 11.3 Å². The van der Waals surface area contributed by atoms with Crippen LogP contribution in [0.1, 0.15) is 34.3 Å². The van der Waals surface area contributed by atoms with Crippen molar-refractivity contribution in [2.75, 3.05) is 6.54 Å². The molecule has 1 fully saturated rings. The fourth-order valence-electron chi connectivity index (χ4n) is 2.95. The minimum absolute atomic E-state index is 0.227. The average Bonchev–Trinajstić information content (AvgIpc) is 2.59. The Morgan fingerprint density at radius 2 is 1.88 bits per heavy atom. The normalized spacial score (nSPS) is 21.4. The van der Waals surface area contributed by atoms with Crippen LogP contribution < -0.4 is 0 Å². The number of halogens is 1. The first-order valence-corrected chi connectivity index (χ1v) is 8.31. The van der Waals surface area contributed by atoms with Gasteiger partial charge in [0.25, 0.3) is 0 Å². The number of piperidine rings is 1. The van der Waals surface area contributed by atoms with E-state index in [0.717, 1.165) is 11.1 Å². The number of hydrogen-bond acceptors (Lipinski definition) is 3. The van der Waals surface area contributed by atoms with Crippen molar-refractivity contribution in [2.24, 2.45) is 0 Å². The van der Waals surface area contributed by atoms with Gasteiger partial charge in [0.1, 0.15) is 6.10 Å². The van der Waals surface area contributed by atoms with Gasteiger partial charge < -0.3 is 4.74 Å². The van der Waals surface area contributed by atoms with Gasteiger partial charge in [0, 0.05) is 19.5 Å². The van der Waals surface area contributed by atoms with E-state index in [1.807, 2.05) is 49.4 Å². The first-order valence-electron chi connectivity index (χ1n) is 8.31. The zero-order chi connectivity index (χ0) is 16.9. The molecule has 0 aliphatic carbocycles. The van der Waals surface area contributed by atoms with Gasteiger partial charge >= 0.3 is 5.97 Å². The Balaban J connectivity index is 1.53. The molecule has 2 unspecified atom stereocenters. The summed E-state index contributed by atoms with van der Waals surface area (Å²) in [7, 11) is 0. The molecule has 1 heterocycles. The van der Waals surface area contributed by atoms with Crippen LogP contribution >= 0.6 is 0 Å². The second-order valence-electron chi connectivity index (χ2n) is 6.31. The second-order valence-corrected chi connectivity index (χ2v) is 6.31. The highest BCUT2D eigenvalue weighted by molar-refractivity contribution is 5.89. The maximum Gasteiger partial charge on any atom is 0.338 e. The molecule has 0 aromatic heterocycles. The SMILES string of the molecule is Cc1ccc(C(=O)OC2CCN(Cc3ccccc3)C(F)C2)cc1. The predicted molar refractivity (Wildman–Crippen MR) is 91.4 cm³/mol. The monoisotopic (exact) mass is 327 g/mol. The first-order chi connectivity index (χ1) is 11.6. The van der Waals surface area contributed by atoms with E-state index in [1.165, 1.54) is 0 Å². The Labute approximate surface area is 142 Å². The molecule has 24 heavy (non-hydrogen) atoms. The molecule has 0 saturated carbocycles. The zero-order valence-electron chi connectivity index (χ0n) is 13.8. The highest BCUT2D eigenvalue weighted by Gasteiger charge is 2.30. The smallest absolute Gasteiger partial charge is 0.338 e. The van der Waals surface area contributed by atoms with Gasteiger partial charge in [-0.05, 0) is 31.0 Å². The summed E-state index contributed by atoms with van der Waals surface area (Å²) in [5.74, 6) is -0.372. The molecule has 1 saturated heterocycles. The fourth-order valence-corrected chi connectivity index (χ4v) is 2.95. The number of benzene rings is 2. The fraction of sp³-hybridized carbons (Fsp3) is 0.350. The quantitative estimate of drug-likeness (QED) is 0.625. The molecule has 3 rings (SSSR count). The number of nitrogens with zero attached hydrogens (tertiary/aromatic N) is 1. The van der Waals surface area contributed by atoms with Crippen molar-refractivity contribution < 1.29 is 13.9 Å². The molecule has 4 heteroatoms. The summed E-state index contributed by atoms with van der Waals surface area (Å²) in [4.78, 5) is 13.9. The Kier molecular flexibility index (Phi) is 5.26. The van der Waals surface area contributed by atoms with Crippen LogP contribution in [0, 0.1) is 6.92 Å². The van der Waals surface area contributed by atoms with Crippen molar-refractivity contribution in [1.82, 2.24) is 4.90 Å². The lowest BCUT2D eigenvalue weighted by Gasteiger charge is -2.34. The van der Waals surface area contributed by atoms with Crippen LogP contribution in [-0.4, -0.2) is 29.8 Å². The predicted octanol–water partition coefficient (Wildman–Crippen LogP) is 4.11. The van der Waals surface area contributed by atoms with Crippen LogP contribution in [0.5, 0.6) is 0 Å². The number of esters is 1. The minimum Gasteiger partial charge on any atom is -0.459 e. The third-order valence-corrected chi connectivity index (χ3v) is 4.38. The molecule has 2 aromatic rings. The Morgan fingerprint density at radius 1 is 1.17 bits per heavy atom. The van der Waals surface area contributed by atoms with E-state index < -0.39 is 6.30 Å². The molecule has 0 bridgehead atoms. The van der Waals surface area contributed by atoms with Crippen LogP contribution in [0.25, 0.3) is 0 Å². The molecule has 3 nitrogen and oxygen atoms in total. The van der Waals surface area contributed by atoms with E-state index in [2.05, 4.69) is 0 Å². The highest BCUT2D eigenvalue weighted by Crippen LogP contribution is 2.24. The standard InChI is InChI=1S/C20H22FNO2/c1-15-7-9-17(10-8-15)20(23)24-18-11-12-22(19(21)13-18)14-16-5-3-2-4-6-16/h2-10,18-19H,11-14H2,1H3. The van der Waals surface area contributed by atoms with Crippen molar-refractivity contribution in [3.63, 3.8) is 0 Å². The van der Waals surface area contributed by atoms with Gasteiger partial charge in [-0.25, -0.2) is 9.18 Å². The largest absolute Gasteiger partial charge is 0.459 e. The van der Waals surface area contributed by atoms with Crippen LogP contribution in [0.2, 0.25) is 0 Å². The Hall–Kier alpha value is -2.20. The van der Waals surface area contributed by atoms with Gasteiger partial charge in [0.2, 0.25) is 0 Å². The van der Waals surface area contributed by atoms with E-state index in [0.29, 0.717) is 25.1 Å². The summed E-state index contributed by atoms with van der Waals surface area (Å²) in [6.45, 7) is 3.13. The minimum atomic E-state index is -1.09. The van der Waals surface area contributed by atoms with Crippen molar-refractivity contribution >= 4 is 5.97 Å². The lowest BCUT2D eigenvalue weighted by Crippen LogP contribution is -2.42. The first kappa shape index (κ1) is 16.7.